The predicted octanol–water partition coefficient (Wildman–Crippen LogP) is 3.97. The Morgan fingerprint density at radius 1 is 1.04 bits per heavy atom. The van der Waals surface area contributed by atoms with Gasteiger partial charge >= 0.3 is 6.09 Å². The van der Waals surface area contributed by atoms with Gasteiger partial charge in [0.25, 0.3) is 0 Å². The molecule has 0 bridgehead atoms. The normalized spacial score (nSPS) is 9.65. The lowest BCUT2D eigenvalue weighted by Gasteiger charge is -2.05. The van der Waals surface area contributed by atoms with E-state index >= 15 is 0 Å². The number of rotatable bonds is 4. The Hall–Kier alpha value is -2.73. The van der Waals surface area contributed by atoms with Gasteiger partial charge in [0.2, 0.25) is 0 Å². The van der Waals surface area contributed by atoms with Gasteiger partial charge in [-0.1, -0.05) is 60.4 Å². The summed E-state index contributed by atoms with van der Waals surface area (Å²) in [6, 6.07) is 15.7. The molecule has 0 unspecified atom stereocenters. The maximum Gasteiger partial charge on any atom is 0.407 e. The van der Waals surface area contributed by atoms with E-state index in [1.807, 2.05) is 36.4 Å². The summed E-state index contributed by atoms with van der Waals surface area (Å²) in [6.07, 6.45) is 0.177. The van der Waals surface area contributed by atoms with Crippen LogP contribution in [0.4, 0.5) is 4.79 Å². The quantitative estimate of drug-likeness (QED) is 0.685. The standard InChI is InChI=1S/C20H21NO2/c1-16-9-8-10-17(2)19(16)13-6-7-14-21-20(22)23-15-18-11-4-3-5-12-18/h3-5,8-12H,7,14-15H2,1-2H3,(H,21,22). The van der Waals surface area contributed by atoms with Crippen LogP contribution >= 0.6 is 0 Å². The molecule has 2 aromatic carbocycles. The lowest BCUT2D eigenvalue weighted by Crippen LogP contribution is -2.24. The second-order valence-corrected chi connectivity index (χ2v) is 5.31. The van der Waals surface area contributed by atoms with E-state index in [-0.39, 0.29) is 6.61 Å². The van der Waals surface area contributed by atoms with Crippen LogP contribution in [0.25, 0.3) is 0 Å². The van der Waals surface area contributed by atoms with Gasteiger partial charge in [0.1, 0.15) is 6.61 Å². The molecule has 0 heterocycles. The van der Waals surface area contributed by atoms with Crippen LogP contribution in [0.1, 0.15) is 28.7 Å². The summed E-state index contributed by atoms with van der Waals surface area (Å²) in [6.45, 7) is 4.86. The van der Waals surface area contributed by atoms with E-state index in [9.17, 15) is 4.79 Å². The Balaban J connectivity index is 1.71. The number of aryl methyl sites for hydroxylation is 2. The van der Waals surface area contributed by atoms with Crippen molar-refractivity contribution in [2.75, 3.05) is 6.54 Å². The number of benzene rings is 2. The highest BCUT2D eigenvalue weighted by Gasteiger charge is 2.01. The SMILES string of the molecule is Cc1cccc(C)c1C#CCCNC(=O)OCc1ccccc1. The molecular formula is C20H21NO2. The third-order valence-electron chi connectivity index (χ3n) is 3.43. The predicted molar refractivity (Wildman–Crippen MR) is 92.0 cm³/mol. The minimum atomic E-state index is -0.414. The summed E-state index contributed by atoms with van der Waals surface area (Å²) >= 11 is 0. The fourth-order valence-corrected chi connectivity index (χ4v) is 2.16. The number of carbonyl (C=O) groups excluding carboxylic acids is 1. The van der Waals surface area contributed by atoms with Gasteiger partial charge in [-0.25, -0.2) is 4.79 Å². The molecule has 0 aromatic heterocycles. The molecular weight excluding hydrogens is 286 g/mol. The summed E-state index contributed by atoms with van der Waals surface area (Å²) < 4.78 is 5.13. The van der Waals surface area contributed by atoms with Crippen molar-refractivity contribution >= 4 is 6.09 Å². The van der Waals surface area contributed by atoms with Crippen LogP contribution in [0.2, 0.25) is 0 Å². The molecule has 0 spiro atoms. The van der Waals surface area contributed by atoms with Gasteiger partial charge in [-0.15, -0.1) is 0 Å². The van der Waals surface area contributed by atoms with Gasteiger partial charge in [0.15, 0.2) is 0 Å². The lowest BCUT2D eigenvalue weighted by molar-refractivity contribution is 0.140. The second kappa shape index (κ2) is 8.65. The summed E-state index contributed by atoms with van der Waals surface area (Å²) in [5.41, 5.74) is 4.39. The number of alkyl carbamates (subject to hydrolysis) is 1. The second-order valence-electron chi connectivity index (χ2n) is 5.31. The number of amides is 1. The Labute approximate surface area is 137 Å². The molecule has 0 aliphatic heterocycles. The summed E-state index contributed by atoms with van der Waals surface area (Å²) in [5.74, 6) is 6.26. The van der Waals surface area contributed by atoms with Crippen molar-refractivity contribution < 1.29 is 9.53 Å². The van der Waals surface area contributed by atoms with E-state index in [1.54, 1.807) is 0 Å². The van der Waals surface area contributed by atoms with Crippen LogP contribution in [-0.4, -0.2) is 12.6 Å². The number of ether oxygens (including phenoxy) is 1. The Kier molecular flexibility index (Phi) is 6.26. The number of carbonyl (C=O) groups is 1. The third-order valence-corrected chi connectivity index (χ3v) is 3.43. The Morgan fingerprint density at radius 2 is 1.74 bits per heavy atom. The molecule has 2 rings (SSSR count). The molecule has 1 amide bonds. The average Bonchev–Trinajstić information content (AvgIpc) is 2.56. The monoisotopic (exact) mass is 307 g/mol. The van der Waals surface area contributed by atoms with Gasteiger partial charge in [-0.05, 0) is 30.5 Å². The smallest absolute Gasteiger partial charge is 0.407 e. The summed E-state index contributed by atoms with van der Waals surface area (Å²) in [4.78, 5) is 11.6. The number of hydrogen-bond donors (Lipinski definition) is 1. The van der Waals surface area contributed by atoms with E-state index in [2.05, 4.69) is 43.1 Å². The van der Waals surface area contributed by atoms with Crippen molar-refractivity contribution in [1.29, 1.82) is 0 Å². The Bertz CT molecular complexity index is 691. The first-order valence-corrected chi connectivity index (χ1v) is 7.66. The highest BCUT2D eigenvalue weighted by atomic mass is 16.5. The molecule has 0 radical (unpaired) electrons. The third kappa shape index (κ3) is 5.52. The molecule has 0 atom stereocenters. The summed E-state index contributed by atoms with van der Waals surface area (Å²) in [5, 5.41) is 2.70. The molecule has 23 heavy (non-hydrogen) atoms. The summed E-state index contributed by atoms with van der Waals surface area (Å²) in [7, 11) is 0. The minimum Gasteiger partial charge on any atom is -0.445 e. The average molecular weight is 307 g/mol. The van der Waals surface area contributed by atoms with Crippen molar-refractivity contribution in [1.82, 2.24) is 5.32 Å². The number of nitrogens with one attached hydrogen (secondary N) is 1. The fraction of sp³-hybridized carbons (Fsp3) is 0.250. The first-order valence-electron chi connectivity index (χ1n) is 7.66. The van der Waals surface area contributed by atoms with Gasteiger partial charge in [-0.3, -0.25) is 0 Å². The van der Waals surface area contributed by atoms with Crippen molar-refractivity contribution in [2.45, 2.75) is 26.9 Å². The zero-order chi connectivity index (χ0) is 16.5. The fourth-order valence-electron chi connectivity index (χ4n) is 2.16. The van der Waals surface area contributed by atoms with Gasteiger partial charge < -0.3 is 10.1 Å². The van der Waals surface area contributed by atoms with Crippen LogP contribution in [0, 0.1) is 25.7 Å². The van der Waals surface area contributed by atoms with Crippen LogP contribution < -0.4 is 5.32 Å². The molecule has 118 valence electrons. The lowest BCUT2D eigenvalue weighted by atomic mass is 10.0. The molecule has 0 saturated heterocycles. The van der Waals surface area contributed by atoms with Gasteiger partial charge in [0, 0.05) is 18.5 Å². The molecule has 0 aliphatic rings. The molecule has 0 fully saturated rings. The highest BCUT2D eigenvalue weighted by Crippen LogP contribution is 2.11. The van der Waals surface area contributed by atoms with Crippen molar-refractivity contribution in [3.05, 3.63) is 70.8 Å². The maximum atomic E-state index is 11.6. The van der Waals surface area contributed by atoms with Crippen LogP contribution in [0.3, 0.4) is 0 Å². The molecule has 2 aromatic rings. The molecule has 3 heteroatoms. The van der Waals surface area contributed by atoms with Crippen LogP contribution in [-0.2, 0) is 11.3 Å². The molecule has 3 nitrogen and oxygen atoms in total. The zero-order valence-electron chi connectivity index (χ0n) is 13.6. The van der Waals surface area contributed by atoms with Crippen LogP contribution in [0.5, 0.6) is 0 Å². The van der Waals surface area contributed by atoms with E-state index in [1.165, 1.54) is 11.1 Å². The van der Waals surface area contributed by atoms with Gasteiger partial charge in [-0.2, -0.15) is 0 Å². The van der Waals surface area contributed by atoms with Gasteiger partial charge in [0.05, 0.1) is 0 Å². The van der Waals surface area contributed by atoms with E-state index in [4.69, 9.17) is 4.74 Å². The largest absolute Gasteiger partial charge is 0.445 e. The molecule has 0 aliphatic carbocycles. The number of hydrogen-bond acceptors (Lipinski definition) is 2. The Morgan fingerprint density at radius 3 is 2.43 bits per heavy atom. The van der Waals surface area contributed by atoms with Crippen molar-refractivity contribution in [3.63, 3.8) is 0 Å². The van der Waals surface area contributed by atoms with Crippen molar-refractivity contribution in [3.8, 4) is 11.8 Å². The van der Waals surface area contributed by atoms with E-state index in [0.717, 1.165) is 11.1 Å². The topological polar surface area (TPSA) is 38.3 Å². The first-order chi connectivity index (χ1) is 11.2. The highest BCUT2D eigenvalue weighted by molar-refractivity contribution is 5.67. The van der Waals surface area contributed by atoms with E-state index in [0.29, 0.717) is 13.0 Å². The first kappa shape index (κ1) is 16.6. The maximum absolute atomic E-state index is 11.6. The molecule has 1 N–H and O–H groups in total. The van der Waals surface area contributed by atoms with Crippen LogP contribution in [0.15, 0.2) is 48.5 Å². The van der Waals surface area contributed by atoms with Crippen molar-refractivity contribution in [2.24, 2.45) is 0 Å². The zero-order valence-corrected chi connectivity index (χ0v) is 13.6. The molecule has 0 saturated carbocycles. The minimum absolute atomic E-state index is 0.279. The van der Waals surface area contributed by atoms with E-state index < -0.39 is 6.09 Å².